The van der Waals surface area contributed by atoms with Crippen molar-refractivity contribution in [2.45, 2.75) is 38.1 Å². The summed E-state index contributed by atoms with van der Waals surface area (Å²) in [6, 6.07) is -0.462. The van der Waals surface area contributed by atoms with E-state index in [9.17, 15) is 9.90 Å². The molecule has 6 heteroatoms. The van der Waals surface area contributed by atoms with Gasteiger partial charge in [0.15, 0.2) is 0 Å². The van der Waals surface area contributed by atoms with Gasteiger partial charge in [0.25, 0.3) is 0 Å². The summed E-state index contributed by atoms with van der Waals surface area (Å²) in [6.45, 7) is 0.755. The molecule has 1 aromatic heterocycles. The quantitative estimate of drug-likeness (QED) is 0.838. The molecule has 1 fully saturated rings. The lowest BCUT2D eigenvalue weighted by molar-refractivity contribution is -0.138. The second-order valence-corrected chi connectivity index (χ2v) is 6.46. The Hall–Kier alpha value is -1.30. The zero-order valence-corrected chi connectivity index (χ0v) is 12.2. The van der Waals surface area contributed by atoms with Gasteiger partial charge in [-0.2, -0.15) is 11.8 Å². The van der Waals surface area contributed by atoms with Crippen LogP contribution in [-0.2, 0) is 17.6 Å². The largest absolute Gasteiger partial charge is 0.480 e. The first-order chi connectivity index (χ1) is 9.77. The van der Waals surface area contributed by atoms with Crippen LogP contribution in [-0.4, -0.2) is 45.1 Å². The van der Waals surface area contributed by atoms with E-state index in [1.165, 1.54) is 18.4 Å². The van der Waals surface area contributed by atoms with Crippen molar-refractivity contribution in [1.82, 2.24) is 9.97 Å². The molecule has 0 radical (unpaired) electrons. The molecule has 1 saturated heterocycles. The lowest BCUT2D eigenvalue weighted by atomic mass is 10.1. The molecule has 1 aromatic rings. The normalized spacial score (nSPS) is 23.0. The van der Waals surface area contributed by atoms with Crippen molar-refractivity contribution in [2.24, 2.45) is 0 Å². The third kappa shape index (κ3) is 2.61. The van der Waals surface area contributed by atoms with Crippen molar-refractivity contribution in [3.05, 3.63) is 17.6 Å². The van der Waals surface area contributed by atoms with Crippen LogP contribution >= 0.6 is 11.8 Å². The van der Waals surface area contributed by atoms with Crippen molar-refractivity contribution in [3.63, 3.8) is 0 Å². The van der Waals surface area contributed by atoms with E-state index in [1.807, 2.05) is 4.90 Å². The monoisotopic (exact) mass is 293 g/mol. The standard InChI is InChI=1S/C14H19N3O2S/c18-14(19)12-8-20-7-6-17(12)13-10-4-2-1-3-5-11(10)15-9-16-13/h9,12H,1-8H2,(H,18,19). The van der Waals surface area contributed by atoms with E-state index in [4.69, 9.17) is 0 Å². The molecule has 3 rings (SSSR count). The molecule has 2 heterocycles. The molecule has 108 valence electrons. The Kier molecular flexibility index (Phi) is 4.10. The van der Waals surface area contributed by atoms with Gasteiger partial charge in [-0.1, -0.05) is 6.42 Å². The van der Waals surface area contributed by atoms with Gasteiger partial charge in [-0.25, -0.2) is 14.8 Å². The Morgan fingerprint density at radius 1 is 1.30 bits per heavy atom. The van der Waals surface area contributed by atoms with Crippen LogP contribution in [0.5, 0.6) is 0 Å². The smallest absolute Gasteiger partial charge is 0.327 e. The number of nitrogens with zero attached hydrogens (tertiary/aromatic N) is 3. The number of carboxylic acids is 1. The highest BCUT2D eigenvalue weighted by Gasteiger charge is 2.32. The summed E-state index contributed by atoms with van der Waals surface area (Å²) in [5.74, 6) is 1.71. The first-order valence-electron chi connectivity index (χ1n) is 7.17. The summed E-state index contributed by atoms with van der Waals surface area (Å²) in [7, 11) is 0. The molecule has 0 bridgehead atoms. The van der Waals surface area contributed by atoms with Crippen molar-refractivity contribution in [2.75, 3.05) is 23.0 Å². The predicted molar refractivity (Wildman–Crippen MR) is 79.4 cm³/mol. The van der Waals surface area contributed by atoms with Crippen LogP contribution in [0.1, 0.15) is 30.5 Å². The fourth-order valence-corrected chi connectivity index (χ4v) is 4.03. The number of carbonyl (C=O) groups is 1. The van der Waals surface area contributed by atoms with E-state index in [2.05, 4.69) is 9.97 Å². The van der Waals surface area contributed by atoms with E-state index in [0.717, 1.165) is 43.1 Å². The fourth-order valence-electron chi connectivity index (χ4n) is 2.99. The fraction of sp³-hybridized carbons (Fsp3) is 0.643. The summed E-state index contributed by atoms with van der Waals surface area (Å²) >= 11 is 1.71. The minimum Gasteiger partial charge on any atom is -0.480 e. The highest BCUT2D eigenvalue weighted by atomic mass is 32.2. The van der Waals surface area contributed by atoms with E-state index in [0.29, 0.717) is 5.75 Å². The lowest BCUT2D eigenvalue weighted by Gasteiger charge is -2.34. The Morgan fingerprint density at radius 3 is 3.00 bits per heavy atom. The molecule has 1 N–H and O–H groups in total. The first kappa shape index (κ1) is 13.7. The van der Waals surface area contributed by atoms with Gasteiger partial charge < -0.3 is 10.0 Å². The molecule has 20 heavy (non-hydrogen) atoms. The van der Waals surface area contributed by atoms with Gasteiger partial charge in [0.2, 0.25) is 0 Å². The van der Waals surface area contributed by atoms with Crippen molar-refractivity contribution in [1.29, 1.82) is 0 Å². The zero-order chi connectivity index (χ0) is 13.9. The van der Waals surface area contributed by atoms with Crippen LogP contribution in [0.4, 0.5) is 5.82 Å². The lowest BCUT2D eigenvalue weighted by Crippen LogP contribution is -2.48. The first-order valence-corrected chi connectivity index (χ1v) is 8.33. The van der Waals surface area contributed by atoms with Gasteiger partial charge in [0.1, 0.15) is 18.2 Å². The number of fused-ring (bicyclic) bond motifs is 1. The SMILES string of the molecule is O=C(O)C1CSCCN1c1ncnc2c1CCCCC2. The Bertz CT molecular complexity index is 509. The van der Waals surface area contributed by atoms with Crippen molar-refractivity contribution in [3.8, 4) is 0 Å². The average molecular weight is 293 g/mol. The average Bonchev–Trinajstić information content (AvgIpc) is 2.72. The number of aryl methyl sites for hydroxylation is 1. The van der Waals surface area contributed by atoms with Crippen LogP contribution in [0.25, 0.3) is 0 Å². The molecular formula is C14H19N3O2S. The van der Waals surface area contributed by atoms with Gasteiger partial charge in [0.05, 0.1) is 0 Å². The molecule has 0 spiro atoms. The number of hydrogen-bond acceptors (Lipinski definition) is 5. The third-order valence-electron chi connectivity index (χ3n) is 4.04. The van der Waals surface area contributed by atoms with Gasteiger partial charge >= 0.3 is 5.97 Å². The molecule has 2 aliphatic rings. The molecule has 0 amide bonds. The summed E-state index contributed by atoms with van der Waals surface area (Å²) in [6.07, 6.45) is 7.09. The van der Waals surface area contributed by atoms with Crippen LogP contribution in [0.15, 0.2) is 6.33 Å². The van der Waals surface area contributed by atoms with Gasteiger partial charge in [-0.3, -0.25) is 0 Å². The molecule has 1 aliphatic carbocycles. The van der Waals surface area contributed by atoms with Gasteiger partial charge in [0, 0.05) is 29.3 Å². The summed E-state index contributed by atoms with van der Waals surface area (Å²) in [4.78, 5) is 22.3. The molecular weight excluding hydrogens is 274 g/mol. The van der Waals surface area contributed by atoms with Crippen molar-refractivity contribution >= 4 is 23.5 Å². The number of hydrogen-bond donors (Lipinski definition) is 1. The minimum absolute atomic E-state index is 0.462. The topological polar surface area (TPSA) is 66.3 Å². The van der Waals surface area contributed by atoms with Gasteiger partial charge in [-0.15, -0.1) is 0 Å². The molecule has 0 saturated carbocycles. The summed E-state index contributed by atoms with van der Waals surface area (Å²) in [5.41, 5.74) is 2.30. The highest BCUT2D eigenvalue weighted by molar-refractivity contribution is 7.99. The minimum atomic E-state index is -0.752. The van der Waals surface area contributed by atoms with Crippen LogP contribution in [0.2, 0.25) is 0 Å². The van der Waals surface area contributed by atoms with E-state index < -0.39 is 12.0 Å². The van der Waals surface area contributed by atoms with E-state index >= 15 is 0 Å². The number of anilines is 1. The van der Waals surface area contributed by atoms with E-state index in [-0.39, 0.29) is 0 Å². The van der Waals surface area contributed by atoms with Crippen LogP contribution < -0.4 is 4.90 Å². The zero-order valence-electron chi connectivity index (χ0n) is 11.4. The van der Waals surface area contributed by atoms with Crippen LogP contribution in [0.3, 0.4) is 0 Å². The number of aromatic nitrogens is 2. The predicted octanol–water partition coefficient (Wildman–Crippen LogP) is 1.75. The number of carboxylic acid groups (broad SMARTS) is 1. The van der Waals surface area contributed by atoms with Crippen LogP contribution in [0, 0.1) is 0 Å². The summed E-state index contributed by atoms with van der Waals surface area (Å²) < 4.78 is 0. The van der Waals surface area contributed by atoms with Crippen molar-refractivity contribution < 1.29 is 9.90 Å². The summed E-state index contributed by atoms with van der Waals surface area (Å²) in [5, 5.41) is 9.43. The maximum Gasteiger partial charge on any atom is 0.327 e. The molecule has 1 atom stereocenters. The molecule has 5 nitrogen and oxygen atoms in total. The number of aliphatic carboxylic acids is 1. The second-order valence-electron chi connectivity index (χ2n) is 5.31. The maximum absolute atomic E-state index is 11.5. The Balaban J connectivity index is 1.98. The third-order valence-corrected chi connectivity index (χ3v) is 5.06. The van der Waals surface area contributed by atoms with E-state index in [1.54, 1.807) is 18.1 Å². The van der Waals surface area contributed by atoms with Gasteiger partial charge in [-0.05, 0) is 25.7 Å². The Morgan fingerprint density at radius 2 is 2.15 bits per heavy atom. The highest BCUT2D eigenvalue weighted by Crippen LogP contribution is 2.30. The molecule has 0 aromatic carbocycles. The number of rotatable bonds is 2. The number of thioether (sulfide) groups is 1. The Labute approximate surface area is 122 Å². The second kappa shape index (κ2) is 5.99. The molecule has 1 aliphatic heterocycles. The molecule has 1 unspecified atom stereocenters. The maximum atomic E-state index is 11.5.